The molecule has 1 aromatic carbocycles. The number of carbonyl (C=O) groups excluding carboxylic acids is 2. The molecular formula is C25H33FN4O2. The van der Waals surface area contributed by atoms with Gasteiger partial charge in [-0.15, -0.1) is 0 Å². The Morgan fingerprint density at radius 3 is 2.50 bits per heavy atom. The fourth-order valence-corrected chi connectivity index (χ4v) is 4.22. The Morgan fingerprint density at radius 1 is 1.09 bits per heavy atom. The zero-order chi connectivity index (χ0) is 23.1. The number of anilines is 1. The second kappa shape index (κ2) is 11.2. The highest BCUT2D eigenvalue weighted by molar-refractivity contribution is 6.06. The van der Waals surface area contributed by atoms with Gasteiger partial charge in [0.15, 0.2) is 0 Å². The molecule has 0 spiro atoms. The standard InChI is InChI=1S/C25H33FN4O2/c1-19(2)17-28-11-5-13-29(20(3)31)18-22-15-23(26)8-9-24(22)30(14-6-12-28)25(32)21-7-4-10-27-16-21/h4,7-10,15-16,19H,5-6,11-14,17-18H2,1-3H3. The van der Waals surface area contributed by atoms with Crippen molar-refractivity contribution in [2.45, 2.75) is 40.2 Å². The van der Waals surface area contributed by atoms with Crippen molar-refractivity contribution in [3.05, 3.63) is 59.7 Å². The molecule has 32 heavy (non-hydrogen) atoms. The molecule has 6 nitrogen and oxygen atoms in total. The van der Waals surface area contributed by atoms with Crippen LogP contribution in [-0.2, 0) is 11.3 Å². The van der Waals surface area contributed by atoms with Crippen LogP contribution in [0, 0.1) is 11.7 Å². The number of benzene rings is 1. The monoisotopic (exact) mass is 440 g/mol. The normalized spacial score (nSPS) is 16.3. The Bertz CT molecular complexity index is 919. The summed E-state index contributed by atoms with van der Waals surface area (Å²) < 4.78 is 14.2. The van der Waals surface area contributed by atoms with Gasteiger partial charge < -0.3 is 14.7 Å². The van der Waals surface area contributed by atoms with Gasteiger partial charge in [-0.25, -0.2) is 4.39 Å². The van der Waals surface area contributed by atoms with Crippen molar-refractivity contribution >= 4 is 17.5 Å². The van der Waals surface area contributed by atoms with E-state index < -0.39 is 0 Å². The number of fused-ring (bicyclic) bond motifs is 1. The molecule has 0 N–H and O–H groups in total. The molecule has 0 unspecified atom stereocenters. The van der Waals surface area contributed by atoms with E-state index in [1.165, 1.54) is 19.1 Å². The van der Waals surface area contributed by atoms with Crippen molar-refractivity contribution in [3.63, 3.8) is 0 Å². The molecule has 2 heterocycles. The second-order valence-corrected chi connectivity index (χ2v) is 8.81. The molecule has 2 aromatic rings. The number of aromatic nitrogens is 1. The van der Waals surface area contributed by atoms with E-state index in [2.05, 4.69) is 23.7 Å². The first-order chi connectivity index (χ1) is 15.3. The number of pyridine rings is 1. The maximum atomic E-state index is 14.2. The lowest BCUT2D eigenvalue weighted by atomic mass is 10.1. The Hall–Kier alpha value is -2.80. The molecule has 2 amide bonds. The summed E-state index contributed by atoms with van der Waals surface area (Å²) in [7, 11) is 0. The molecule has 0 saturated heterocycles. The van der Waals surface area contributed by atoms with E-state index >= 15 is 0 Å². The molecule has 0 fully saturated rings. The molecule has 0 bridgehead atoms. The molecule has 0 aliphatic carbocycles. The Labute approximate surface area is 190 Å². The molecule has 3 rings (SSSR count). The SMILES string of the molecule is CC(=O)N1CCCN(CC(C)C)CCCN(C(=O)c2cccnc2)c2ccc(F)cc2C1. The number of amides is 2. The zero-order valence-corrected chi connectivity index (χ0v) is 19.3. The van der Waals surface area contributed by atoms with Crippen LogP contribution in [-0.4, -0.2) is 59.3 Å². The minimum Gasteiger partial charge on any atom is -0.338 e. The van der Waals surface area contributed by atoms with E-state index in [-0.39, 0.29) is 24.2 Å². The van der Waals surface area contributed by atoms with Crippen molar-refractivity contribution in [3.8, 4) is 0 Å². The summed E-state index contributed by atoms with van der Waals surface area (Å²) in [6.07, 6.45) is 4.83. The quantitative estimate of drug-likeness (QED) is 0.725. The molecule has 0 atom stereocenters. The summed E-state index contributed by atoms with van der Waals surface area (Å²) in [6, 6.07) is 7.93. The average molecular weight is 441 g/mol. The Balaban J connectivity index is 1.99. The minimum atomic E-state index is -0.378. The third-order valence-electron chi connectivity index (χ3n) is 5.67. The number of carbonyl (C=O) groups is 2. The van der Waals surface area contributed by atoms with Gasteiger partial charge in [-0.3, -0.25) is 14.6 Å². The Morgan fingerprint density at radius 2 is 1.84 bits per heavy atom. The van der Waals surface area contributed by atoms with Crippen molar-refractivity contribution < 1.29 is 14.0 Å². The van der Waals surface area contributed by atoms with E-state index in [1.807, 2.05) is 0 Å². The molecule has 0 saturated carbocycles. The van der Waals surface area contributed by atoms with E-state index in [1.54, 1.807) is 40.4 Å². The summed E-state index contributed by atoms with van der Waals surface area (Å²) in [5, 5.41) is 0. The van der Waals surface area contributed by atoms with Gasteiger partial charge in [-0.05, 0) is 67.7 Å². The Kier molecular flexibility index (Phi) is 8.33. The maximum Gasteiger partial charge on any atom is 0.259 e. The van der Waals surface area contributed by atoms with Gasteiger partial charge in [0, 0.05) is 51.2 Å². The summed E-state index contributed by atoms with van der Waals surface area (Å²) in [4.78, 5) is 35.7. The van der Waals surface area contributed by atoms with Gasteiger partial charge >= 0.3 is 0 Å². The molecule has 172 valence electrons. The fourth-order valence-electron chi connectivity index (χ4n) is 4.22. The number of nitrogens with zero attached hydrogens (tertiary/aromatic N) is 4. The van der Waals surface area contributed by atoms with Crippen LogP contribution in [0.15, 0.2) is 42.7 Å². The lowest BCUT2D eigenvalue weighted by Gasteiger charge is -2.32. The van der Waals surface area contributed by atoms with E-state index in [0.29, 0.717) is 35.8 Å². The number of hydrogen-bond acceptors (Lipinski definition) is 4. The van der Waals surface area contributed by atoms with Crippen LogP contribution < -0.4 is 4.90 Å². The molecular weight excluding hydrogens is 407 g/mol. The highest BCUT2D eigenvalue weighted by atomic mass is 19.1. The first-order valence-corrected chi connectivity index (χ1v) is 11.3. The van der Waals surface area contributed by atoms with Crippen molar-refractivity contribution in [2.75, 3.05) is 37.6 Å². The maximum absolute atomic E-state index is 14.2. The van der Waals surface area contributed by atoms with Crippen molar-refractivity contribution in [2.24, 2.45) is 5.92 Å². The van der Waals surface area contributed by atoms with Crippen LogP contribution in [0.2, 0.25) is 0 Å². The lowest BCUT2D eigenvalue weighted by molar-refractivity contribution is -0.129. The lowest BCUT2D eigenvalue weighted by Crippen LogP contribution is -2.39. The van der Waals surface area contributed by atoms with Crippen LogP contribution in [0.25, 0.3) is 0 Å². The predicted octanol–water partition coefficient (Wildman–Crippen LogP) is 3.97. The summed E-state index contributed by atoms with van der Waals surface area (Å²) >= 11 is 0. The highest BCUT2D eigenvalue weighted by Gasteiger charge is 2.23. The van der Waals surface area contributed by atoms with Crippen LogP contribution in [0.5, 0.6) is 0 Å². The van der Waals surface area contributed by atoms with Crippen molar-refractivity contribution in [1.29, 1.82) is 0 Å². The van der Waals surface area contributed by atoms with E-state index in [4.69, 9.17) is 0 Å². The van der Waals surface area contributed by atoms with Gasteiger partial charge in [0.1, 0.15) is 5.82 Å². The summed E-state index contributed by atoms with van der Waals surface area (Å²) in [6.45, 7) is 10.00. The van der Waals surface area contributed by atoms with Gasteiger partial charge in [0.2, 0.25) is 5.91 Å². The van der Waals surface area contributed by atoms with Crippen LogP contribution in [0.4, 0.5) is 10.1 Å². The molecule has 1 aromatic heterocycles. The zero-order valence-electron chi connectivity index (χ0n) is 19.3. The number of rotatable bonds is 3. The second-order valence-electron chi connectivity index (χ2n) is 8.81. The van der Waals surface area contributed by atoms with Crippen LogP contribution in [0.3, 0.4) is 0 Å². The van der Waals surface area contributed by atoms with Crippen LogP contribution >= 0.6 is 0 Å². The summed E-state index contributed by atoms with van der Waals surface area (Å²) in [5.41, 5.74) is 1.76. The van der Waals surface area contributed by atoms with Gasteiger partial charge in [0.25, 0.3) is 5.91 Å². The minimum absolute atomic E-state index is 0.0576. The first kappa shape index (κ1) is 23.9. The van der Waals surface area contributed by atoms with Crippen LogP contribution in [0.1, 0.15) is 49.5 Å². The molecule has 1 aliphatic heterocycles. The van der Waals surface area contributed by atoms with E-state index in [0.717, 1.165) is 32.5 Å². The third kappa shape index (κ3) is 6.36. The molecule has 7 heteroatoms. The molecule has 0 radical (unpaired) electrons. The predicted molar refractivity (Wildman–Crippen MR) is 124 cm³/mol. The largest absolute Gasteiger partial charge is 0.338 e. The first-order valence-electron chi connectivity index (χ1n) is 11.3. The highest BCUT2D eigenvalue weighted by Crippen LogP contribution is 2.26. The topological polar surface area (TPSA) is 56.8 Å². The molecule has 1 aliphatic rings. The number of hydrogen-bond donors (Lipinski definition) is 0. The number of halogens is 1. The van der Waals surface area contributed by atoms with Gasteiger partial charge in [-0.2, -0.15) is 0 Å². The third-order valence-corrected chi connectivity index (χ3v) is 5.67. The summed E-state index contributed by atoms with van der Waals surface area (Å²) in [5.74, 6) is -0.0782. The van der Waals surface area contributed by atoms with E-state index in [9.17, 15) is 14.0 Å². The van der Waals surface area contributed by atoms with Gasteiger partial charge in [-0.1, -0.05) is 13.8 Å². The van der Waals surface area contributed by atoms with Crippen molar-refractivity contribution in [1.82, 2.24) is 14.8 Å². The smallest absolute Gasteiger partial charge is 0.259 e. The van der Waals surface area contributed by atoms with Gasteiger partial charge in [0.05, 0.1) is 5.56 Å². The fraction of sp³-hybridized carbons (Fsp3) is 0.480. The average Bonchev–Trinajstić information content (AvgIpc) is 2.75.